The van der Waals surface area contributed by atoms with Gasteiger partial charge in [0.05, 0.1) is 41.8 Å². The van der Waals surface area contributed by atoms with E-state index in [-0.39, 0.29) is 18.1 Å². The molecule has 2 aromatic heterocycles. The third kappa shape index (κ3) is 5.55. The van der Waals surface area contributed by atoms with Crippen LogP contribution in [0.3, 0.4) is 0 Å². The van der Waals surface area contributed by atoms with Crippen molar-refractivity contribution >= 4 is 40.6 Å². The number of aryl methyl sites for hydroxylation is 2. The van der Waals surface area contributed by atoms with Gasteiger partial charge in [-0.1, -0.05) is 29.3 Å². The number of carbonyl (C=O) groups is 1. The van der Waals surface area contributed by atoms with Crippen molar-refractivity contribution in [2.75, 3.05) is 5.32 Å². The minimum atomic E-state index is -0.537. The van der Waals surface area contributed by atoms with Crippen LogP contribution in [-0.2, 0) is 17.9 Å². The van der Waals surface area contributed by atoms with Crippen molar-refractivity contribution in [1.82, 2.24) is 19.6 Å². The molecule has 0 spiro atoms. The number of amides is 1. The second-order valence-corrected chi connectivity index (χ2v) is 7.28. The second kappa shape index (κ2) is 9.06. The molecule has 1 aromatic carbocycles. The van der Waals surface area contributed by atoms with E-state index < -0.39 is 4.92 Å². The van der Waals surface area contributed by atoms with Gasteiger partial charge in [0.15, 0.2) is 0 Å². The molecule has 0 unspecified atom stereocenters. The number of benzene rings is 1. The summed E-state index contributed by atoms with van der Waals surface area (Å²) in [5, 5.41) is 22.8. The Labute approximate surface area is 176 Å². The Bertz CT molecular complexity index is 1050. The topological polar surface area (TPSA) is 108 Å². The molecule has 0 aliphatic carbocycles. The maximum absolute atomic E-state index is 12.1. The number of hydrogen-bond donors (Lipinski definition) is 1. The molecule has 0 radical (unpaired) electrons. The van der Waals surface area contributed by atoms with E-state index in [1.165, 1.54) is 10.7 Å². The van der Waals surface area contributed by atoms with Gasteiger partial charge in [0.25, 0.3) is 0 Å². The number of nitrogens with zero attached hydrogens (tertiary/aromatic N) is 5. The van der Waals surface area contributed by atoms with Crippen molar-refractivity contribution in [2.24, 2.45) is 0 Å². The Morgan fingerprint density at radius 1 is 1.31 bits per heavy atom. The summed E-state index contributed by atoms with van der Waals surface area (Å²) in [5.41, 5.74) is 2.12. The van der Waals surface area contributed by atoms with Crippen LogP contribution in [-0.4, -0.2) is 30.4 Å². The molecule has 0 atom stereocenters. The van der Waals surface area contributed by atoms with Crippen LogP contribution >= 0.6 is 23.2 Å². The summed E-state index contributed by atoms with van der Waals surface area (Å²) in [5.74, 6) is -0.367. The summed E-state index contributed by atoms with van der Waals surface area (Å²) >= 11 is 12.1. The Balaban J connectivity index is 1.49. The Morgan fingerprint density at radius 3 is 2.79 bits per heavy atom. The van der Waals surface area contributed by atoms with Gasteiger partial charge < -0.3 is 15.4 Å². The molecule has 0 fully saturated rings. The molecule has 3 rings (SSSR count). The summed E-state index contributed by atoms with van der Waals surface area (Å²) in [6.45, 7) is 2.60. The van der Waals surface area contributed by atoms with E-state index in [1.807, 2.05) is 6.07 Å². The van der Waals surface area contributed by atoms with Crippen LogP contribution in [0.2, 0.25) is 10.0 Å². The summed E-state index contributed by atoms with van der Waals surface area (Å²) in [6, 6.07) is 6.65. The Morgan fingerprint density at radius 2 is 2.10 bits per heavy atom. The van der Waals surface area contributed by atoms with Crippen LogP contribution in [0.1, 0.15) is 24.1 Å². The van der Waals surface area contributed by atoms with Crippen molar-refractivity contribution in [3.8, 4) is 0 Å². The molecule has 1 N–H and O–H groups in total. The van der Waals surface area contributed by atoms with E-state index in [0.29, 0.717) is 40.9 Å². The van der Waals surface area contributed by atoms with Crippen LogP contribution in [0, 0.1) is 17.0 Å². The molecular formula is C18H18Cl2N6O3. The number of carbonyl (C=O) groups excluding carboxylic acids is 1. The Hall–Kier alpha value is -2.91. The molecule has 3 aromatic rings. The van der Waals surface area contributed by atoms with E-state index in [1.54, 1.807) is 36.1 Å². The fraction of sp³-hybridized carbons (Fsp3) is 0.278. The number of aromatic nitrogens is 4. The van der Waals surface area contributed by atoms with Crippen molar-refractivity contribution in [1.29, 1.82) is 0 Å². The maximum Gasteiger partial charge on any atom is 0.390 e. The molecule has 11 heteroatoms. The zero-order chi connectivity index (χ0) is 21.0. The van der Waals surface area contributed by atoms with Gasteiger partial charge in [-0.25, -0.2) is 0 Å². The first-order valence-corrected chi connectivity index (χ1v) is 9.52. The SMILES string of the molecule is Cc1cc([N+](=O)[O-])nn1CCCC(=O)Nc1cnn(Cc2ccc(Cl)cc2Cl)c1. The first kappa shape index (κ1) is 20.8. The largest absolute Gasteiger partial charge is 0.390 e. The monoisotopic (exact) mass is 436 g/mol. The average molecular weight is 437 g/mol. The minimum Gasteiger partial charge on any atom is -0.358 e. The first-order valence-electron chi connectivity index (χ1n) is 8.77. The van der Waals surface area contributed by atoms with Gasteiger partial charge in [-0.2, -0.15) is 9.78 Å². The zero-order valence-corrected chi connectivity index (χ0v) is 17.0. The highest BCUT2D eigenvalue weighted by Gasteiger charge is 2.15. The molecule has 0 saturated heterocycles. The molecule has 0 aliphatic heterocycles. The third-order valence-electron chi connectivity index (χ3n) is 4.19. The van der Waals surface area contributed by atoms with Crippen LogP contribution in [0.4, 0.5) is 11.5 Å². The highest BCUT2D eigenvalue weighted by molar-refractivity contribution is 6.35. The van der Waals surface area contributed by atoms with E-state index >= 15 is 0 Å². The normalized spacial score (nSPS) is 10.9. The van der Waals surface area contributed by atoms with Crippen LogP contribution in [0.15, 0.2) is 36.7 Å². The number of hydrogen-bond acceptors (Lipinski definition) is 5. The lowest BCUT2D eigenvalue weighted by Gasteiger charge is -2.05. The molecule has 29 heavy (non-hydrogen) atoms. The predicted molar refractivity (Wildman–Crippen MR) is 109 cm³/mol. The summed E-state index contributed by atoms with van der Waals surface area (Å²) in [7, 11) is 0. The van der Waals surface area contributed by atoms with E-state index in [4.69, 9.17) is 23.2 Å². The summed E-state index contributed by atoms with van der Waals surface area (Å²) < 4.78 is 3.19. The van der Waals surface area contributed by atoms with Gasteiger partial charge in [-0.05, 0) is 36.0 Å². The molecule has 2 heterocycles. The third-order valence-corrected chi connectivity index (χ3v) is 4.78. The smallest absolute Gasteiger partial charge is 0.358 e. The number of halogens is 2. The van der Waals surface area contributed by atoms with E-state index in [2.05, 4.69) is 15.5 Å². The van der Waals surface area contributed by atoms with Gasteiger partial charge in [-0.3, -0.25) is 9.48 Å². The lowest BCUT2D eigenvalue weighted by Crippen LogP contribution is -2.13. The molecule has 9 nitrogen and oxygen atoms in total. The fourth-order valence-electron chi connectivity index (χ4n) is 2.76. The van der Waals surface area contributed by atoms with Crippen molar-refractivity contribution in [3.63, 3.8) is 0 Å². The van der Waals surface area contributed by atoms with Crippen molar-refractivity contribution in [3.05, 3.63) is 68.1 Å². The van der Waals surface area contributed by atoms with E-state index in [9.17, 15) is 14.9 Å². The molecule has 1 amide bonds. The predicted octanol–water partition coefficient (Wildman–Crippen LogP) is 4.07. The molecule has 0 saturated carbocycles. The molecular weight excluding hydrogens is 419 g/mol. The van der Waals surface area contributed by atoms with Gasteiger partial charge in [-0.15, -0.1) is 0 Å². The van der Waals surface area contributed by atoms with Crippen LogP contribution < -0.4 is 5.32 Å². The number of rotatable bonds is 8. The van der Waals surface area contributed by atoms with Gasteiger partial charge in [0, 0.05) is 22.7 Å². The van der Waals surface area contributed by atoms with Gasteiger partial charge in [0.1, 0.15) is 0 Å². The molecule has 0 bridgehead atoms. The van der Waals surface area contributed by atoms with Crippen molar-refractivity contribution in [2.45, 2.75) is 32.9 Å². The summed E-state index contributed by atoms with van der Waals surface area (Å²) in [6.07, 6.45) is 4.02. The van der Waals surface area contributed by atoms with Gasteiger partial charge >= 0.3 is 5.82 Å². The van der Waals surface area contributed by atoms with Crippen molar-refractivity contribution < 1.29 is 9.72 Å². The minimum absolute atomic E-state index is 0.173. The summed E-state index contributed by atoms with van der Waals surface area (Å²) in [4.78, 5) is 22.3. The molecule has 152 valence electrons. The maximum atomic E-state index is 12.1. The quantitative estimate of drug-likeness (QED) is 0.422. The van der Waals surface area contributed by atoms with Crippen LogP contribution in [0.5, 0.6) is 0 Å². The fourth-order valence-corrected chi connectivity index (χ4v) is 3.23. The highest BCUT2D eigenvalue weighted by atomic mass is 35.5. The molecule has 0 aliphatic rings. The van der Waals surface area contributed by atoms with E-state index in [0.717, 1.165) is 5.56 Å². The highest BCUT2D eigenvalue weighted by Crippen LogP contribution is 2.22. The van der Waals surface area contributed by atoms with Gasteiger partial charge in [0.2, 0.25) is 5.91 Å². The van der Waals surface area contributed by atoms with Crippen LogP contribution in [0.25, 0.3) is 0 Å². The average Bonchev–Trinajstić information content (AvgIpc) is 3.24. The Kier molecular flexibility index (Phi) is 6.50. The lowest BCUT2D eigenvalue weighted by atomic mass is 10.2. The first-order chi connectivity index (χ1) is 13.8. The number of anilines is 1. The second-order valence-electron chi connectivity index (χ2n) is 6.44. The zero-order valence-electron chi connectivity index (χ0n) is 15.5. The lowest BCUT2D eigenvalue weighted by molar-refractivity contribution is -0.389. The standard InChI is InChI=1S/C18H18Cl2N6O3/c1-12-7-17(26(28)29)23-25(12)6-2-3-18(27)22-15-9-21-24(11-15)10-13-4-5-14(19)8-16(13)20/h4-5,7-9,11H,2-3,6,10H2,1H3,(H,22,27). The number of nitro groups is 1. The number of nitrogens with one attached hydrogen (secondary N) is 1.